The zero-order valence-electron chi connectivity index (χ0n) is 11.8. The van der Waals surface area contributed by atoms with Gasteiger partial charge in [0.2, 0.25) is 0 Å². The average Bonchev–Trinajstić information content (AvgIpc) is 3.02. The first-order valence-corrected chi connectivity index (χ1v) is 8.01. The van der Waals surface area contributed by atoms with Crippen LogP contribution in [-0.4, -0.2) is 24.5 Å². The van der Waals surface area contributed by atoms with E-state index in [1.54, 1.807) is 0 Å². The summed E-state index contributed by atoms with van der Waals surface area (Å²) in [6.07, 6.45) is 12.9. The lowest BCUT2D eigenvalue weighted by atomic mass is 9.89. The Bertz CT molecular complexity index is 331. The molecule has 100 valence electrons. The highest BCUT2D eigenvalue weighted by atomic mass is 15.1. The van der Waals surface area contributed by atoms with Gasteiger partial charge < -0.3 is 0 Å². The van der Waals surface area contributed by atoms with E-state index in [0.717, 1.165) is 30.3 Å². The summed E-state index contributed by atoms with van der Waals surface area (Å²) >= 11 is 0. The molecule has 3 aliphatic rings. The molecular weight excluding hydrogens is 218 g/mol. The van der Waals surface area contributed by atoms with E-state index in [1.165, 1.54) is 57.8 Å². The van der Waals surface area contributed by atoms with Crippen molar-refractivity contribution >= 4 is 0 Å². The fraction of sp³-hybridized carbons (Fsp3) is 0.882. The molecular formula is C17H27N. The summed E-state index contributed by atoms with van der Waals surface area (Å²) in [7, 11) is 2.27. The van der Waals surface area contributed by atoms with Gasteiger partial charge in [-0.15, -0.1) is 0 Å². The molecule has 3 aliphatic carbocycles. The molecule has 18 heavy (non-hydrogen) atoms. The van der Waals surface area contributed by atoms with Crippen molar-refractivity contribution in [1.82, 2.24) is 4.90 Å². The maximum atomic E-state index is 3.59. The normalized spacial score (nSPS) is 35.8. The zero-order chi connectivity index (χ0) is 12.4. The first-order valence-electron chi connectivity index (χ1n) is 8.01. The third-order valence-electron chi connectivity index (χ3n) is 5.55. The lowest BCUT2D eigenvalue weighted by molar-refractivity contribution is 0.212. The van der Waals surface area contributed by atoms with Gasteiger partial charge in [0, 0.05) is 12.0 Å². The monoisotopic (exact) mass is 245 g/mol. The second kappa shape index (κ2) is 5.66. The summed E-state index contributed by atoms with van der Waals surface area (Å²) < 4.78 is 0. The second-order valence-corrected chi connectivity index (χ2v) is 6.81. The molecule has 3 fully saturated rings. The highest BCUT2D eigenvalue weighted by Crippen LogP contribution is 2.47. The van der Waals surface area contributed by atoms with E-state index >= 15 is 0 Å². The van der Waals surface area contributed by atoms with Gasteiger partial charge in [0.1, 0.15) is 0 Å². The number of hydrogen-bond donors (Lipinski definition) is 0. The molecule has 0 saturated heterocycles. The number of nitrogens with zero attached hydrogens (tertiary/aromatic N) is 1. The molecule has 0 N–H and O–H groups in total. The van der Waals surface area contributed by atoms with E-state index in [1.807, 2.05) is 0 Å². The van der Waals surface area contributed by atoms with Crippen molar-refractivity contribution in [3.8, 4) is 11.8 Å². The Morgan fingerprint density at radius 3 is 2.50 bits per heavy atom. The first-order chi connectivity index (χ1) is 8.83. The molecule has 2 bridgehead atoms. The van der Waals surface area contributed by atoms with Gasteiger partial charge in [-0.3, -0.25) is 4.90 Å². The van der Waals surface area contributed by atoms with Crippen molar-refractivity contribution in [2.75, 3.05) is 13.6 Å². The van der Waals surface area contributed by atoms with E-state index in [0.29, 0.717) is 0 Å². The largest absolute Gasteiger partial charge is 0.292 e. The summed E-state index contributed by atoms with van der Waals surface area (Å²) in [6, 6.07) is 0.813. The fourth-order valence-electron chi connectivity index (χ4n) is 4.37. The molecule has 0 heterocycles. The molecule has 1 nitrogen and oxygen atoms in total. The SMILES string of the molecule is CN(CC#C[C@@H]1C[C@H]2CC[C@@H]1C2)C1CCCCC1. The third-order valence-corrected chi connectivity index (χ3v) is 5.55. The highest BCUT2D eigenvalue weighted by molar-refractivity contribution is 5.11. The summed E-state index contributed by atoms with van der Waals surface area (Å²) in [5.41, 5.74) is 0. The van der Waals surface area contributed by atoms with Crippen LogP contribution < -0.4 is 0 Å². The van der Waals surface area contributed by atoms with Crippen LogP contribution in [0.3, 0.4) is 0 Å². The Morgan fingerprint density at radius 2 is 1.83 bits per heavy atom. The van der Waals surface area contributed by atoms with Crippen LogP contribution in [-0.2, 0) is 0 Å². The van der Waals surface area contributed by atoms with Crippen LogP contribution in [0.5, 0.6) is 0 Å². The van der Waals surface area contributed by atoms with Gasteiger partial charge in [-0.1, -0.05) is 37.5 Å². The quantitative estimate of drug-likeness (QED) is 0.671. The van der Waals surface area contributed by atoms with Crippen molar-refractivity contribution < 1.29 is 0 Å². The minimum absolute atomic E-state index is 0.753. The molecule has 0 aromatic heterocycles. The molecule has 0 aromatic carbocycles. The molecule has 0 spiro atoms. The van der Waals surface area contributed by atoms with Gasteiger partial charge in [-0.2, -0.15) is 0 Å². The summed E-state index contributed by atoms with van der Waals surface area (Å²) in [5, 5.41) is 0. The minimum Gasteiger partial charge on any atom is -0.292 e. The van der Waals surface area contributed by atoms with Crippen molar-refractivity contribution in [3.63, 3.8) is 0 Å². The van der Waals surface area contributed by atoms with Crippen LogP contribution in [0.25, 0.3) is 0 Å². The van der Waals surface area contributed by atoms with Crippen LogP contribution in [0.2, 0.25) is 0 Å². The molecule has 0 unspecified atom stereocenters. The van der Waals surface area contributed by atoms with Crippen LogP contribution in [0.15, 0.2) is 0 Å². The van der Waals surface area contributed by atoms with Crippen molar-refractivity contribution in [1.29, 1.82) is 0 Å². The Kier molecular flexibility index (Phi) is 3.94. The van der Waals surface area contributed by atoms with E-state index in [4.69, 9.17) is 0 Å². The average molecular weight is 245 g/mol. The van der Waals surface area contributed by atoms with E-state index in [9.17, 15) is 0 Å². The van der Waals surface area contributed by atoms with Gasteiger partial charge >= 0.3 is 0 Å². The molecule has 0 aromatic rings. The first kappa shape index (κ1) is 12.5. The Balaban J connectivity index is 1.46. The topological polar surface area (TPSA) is 3.24 Å². The summed E-state index contributed by atoms with van der Waals surface area (Å²) in [4.78, 5) is 2.50. The van der Waals surface area contributed by atoms with E-state index in [2.05, 4.69) is 23.8 Å². The van der Waals surface area contributed by atoms with Crippen molar-refractivity contribution in [2.24, 2.45) is 17.8 Å². The van der Waals surface area contributed by atoms with Crippen LogP contribution in [0, 0.1) is 29.6 Å². The van der Waals surface area contributed by atoms with Gasteiger partial charge in [0.15, 0.2) is 0 Å². The lowest BCUT2D eigenvalue weighted by Gasteiger charge is -2.29. The number of rotatable bonds is 2. The molecule has 0 amide bonds. The van der Waals surface area contributed by atoms with Crippen molar-refractivity contribution in [3.05, 3.63) is 0 Å². The number of hydrogen-bond acceptors (Lipinski definition) is 1. The standard InChI is InChI=1S/C17H27N/c1-18(17-7-3-2-4-8-17)11-5-6-15-12-14-9-10-16(15)13-14/h14-17H,2-4,7-13H2,1H3/t14-,15-,16-/m1/s1. The van der Waals surface area contributed by atoms with Gasteiger partial charge in [-0.05, 0) is 51.0 Å². The van der Waals surface area contributed by atoms with Crippen LogP contribution in [0.4, 0.5) is 0 Å². The second-order valence-electron chi connectivity index (χ2n) is 6.81. The Morgan fingerprint density at radius 1 is 1.00 bits per heavy atom. The zero-order valence-corrected chi connectivity index (χ0v) is 11.8. The van der Waals surface area contributed by atoms with Crippen LogP contribution in [0.1, 0.15) is 57.8 Å². The molecule has 1 heteroatoms. The predicted octanol–water partition coefficient (Wildman–Crippen LogP) is 3.69. The predicted molar refractivity (Wildman–Crippen MR) is 76.2 cm³/mol. The molecule has 3 saturated carbocycles. The molecule has 0 aliphatic heterocycles. The Labute approximate surface area is 112 Å². The van der Waals surface area contributed by atoms with Crippen LogP contribution >= 0.6 is 0 Å². The fourth-order valence-corrected chi connectivity index (χ4v) is 4.37. The van der Waals surface area contributed by atoms with Gasteiger partial charge in [0.25, 0.3) is 0 Å². The summed E-state index contributed by atoms with van der Waals surface area (Å²) in [5.74, 6) is 9.82. The molecule has 3 rings (SSSR count). The summed E-state index contributed by atoms with van der Waals surface area (Å²) in [6.45, 7) is 0.999. The van der Waals surface area contributed by atoms with Gasteiger partial charge in [0.05, 0.1) is 6.54 Å². The maximum Gasteiger partial charge on any atom is 0.0601 e. The molecule has 3 atom stereocenters. The van der Waals surface area contributed by atoms with Gasteiger partial charge in [-0.25, -0.2) is 0 Å². The molecule has 0 radical (unpaired) electrons. The van der Waals surface area contributed by atoms with Crippen molar-refractivity contribution in [2.45, 2.75) is 63.8 Å². The maximum absolute atomic E-state index is 3.59. The Hall–Kier alpha value is -0.480. The van der Waals surface area contributed by atoms with E-state index in [-0.39, 0.29) is 0 Å². The minimum atomic E-state index is 0.753. The highest BCUT2D eigenvalue weighted by Gasteiger charge is 2.38. The number of fused-ring (bicyclic) bond motifs is 2. The van der Waals surface area contributed by atoms with E-state index < -0.39 is 0 Å². The third kappa shape index (κ3) is 2.75. The smallest absolute Gasteiger partial charge is 0.0601 e. The lowest BCUT2D eigenvalue weighted by Crippen LogP contribution is -2.33.